The Hall–Kier alpha value is -0.900. The lowest BCUT2D eigenvalue weighted by Crippen LogP contribution is -2.10. The van der Waals surface area contributed by atoms with E-state index in [2.05, 4.69) is 4.98 Å². The van der Waals surface area contributed by atoms with Gasteiger partial charge in [0.05, 0.1) is 17.1 Å². The predicted octanol–water partition coefficient (Wildman–Crippen LogP) is 2.10. The van der Waals surface area contributed by atoms with Crippen LogP contribution in [0.1, 0.15) is 23.9 Å². The average Bonchev–Trinajstić information content (AvgIpc) is 2.47. The summed E-state index contributed by atoms with van der Waals surface area (Å²) in [6.07, 6.45) is 1.52. The zero-order valence-corrected chi connectivity index (χ0v) is 8.60. The molecule has 13 heavy (non-hydrogen) atoms. The average molecular weight is 199 g/mol. The molecule has 0 fully saturated rings. The minimum absolute atomic E-state index is 0.263. The molecular weight excluding hydrogens is 186 g/mol. The van der Waals surface area contributed by atoms with Crippen molar-refractivity contribution in [2.24, 2.45) is 5.92 Å². The van der Waals surface area contributed by atoms with Crippen molar-refractivity contribution in [1.82, 2.24) is 4.98 Å². The number of carboxylic acid groups (broad SMARTS) is 1. The van der Waals surface area contributed by atoms with Crippen LogP contribution in [0, 0.1) is 12.8 Å². The third-order valence-electron chi connectivity index (χ3n) is 2.07. The summed E-state index contributed by atoms with van der Waals surface area (Å²) in [4.78, 5) is 15.8. The van der Waals surface area contributed by atoms with Crippen LogP contribution in [0.3, 0.4) is 0 Å². The molecule has 1 rings (SSSR count). The van der Waals surface area contributed by atoms with E-state index in [4.69, 9.17) is 5.11 Å². The summed E-state index contributed by atoms with van der Waals surface area (Å²) in [5.41, 5.74) is 2.83. The predicted molar refractivity (Wildman–Crippen MR) is 52.0 cm³/mol. The molecule has 4 heteroatoms. The zero-order valence-electron chi connectivity index (χ0n) is 7.78. The normalized spacial score (nSPS) is 12.8. The van der Waals surface area contributed by atoms with Crippen molar-refractivity contribution >= 4 is 17.3 Å². The number of aliphatic carboxylic acids is 1. The quantitative estimate of drug-likeness (QED) is 0.808. The maximum absolute atomic E-state index is 10.5. The van der Waals surface area contributed by atoms with Gasteiger partial charge >= 0.3 is 5.97 Å². The first kappa shape index (κ1) is 10.2. The molecule has 0 saturated carbocycles. The first-order chi connectivity index (χ1) is 6.11. The molecule has 0 amide bonds. The molecule has 3 nitrogen and oxygen atoms in total. The van der Waals surface area contributed by atoms with Crippen molar-refractivity contribution < 1.29 is 9.90 Å². The summed E-state index contributed by atoms with van der Waals surface area (Å²) >= 11 is 1.60. The van der Waals surface area contributed by atoms with Gasteiger partial charge in [-0.2, -0.15) is 0 Å². The molecule has 72 valence electrons. The second-order valence-corrected chi connectivity index (χ2v) is 4.08. The minimum atomic E-state index is -0.720. The van der Waals surface area contributed by atoms with E-state index < -0.39 is 5.97 Å². The second-order valence-electron chi connectivity index (χ2n) is 3.14. The van der Waals surface area contributed by atoms with Crippen LogP contribution < -0.4 is 0 Å². The van der Waals surface area contributed by atoms with E-state index in [0.29, 0.717) is 6.42 Å². The van der Waals surface area contributed by atoms with Crippen LogP contribution in [0.4, 0.5) is 0 Å². The number of rotatable bonds is 4. The Morgan fingerprint density at radius 3 is 2.92 bits per heavy atom. The van der Waals surface area contributed by atoms with Crippen LogP contribution in [0.5, 0.6) is 0 Å². The molecule has 1 aromatic heterocycles. The standard InChI is InChI=1S/C9H13NO2S/c1-6(9(11)12)3-4-8-7(2)10-5-13-8/h5-6H,3-4H2,1-2H3,(H,11,12). The van der Waals surface area contributed by atoms with Gasteiger partial charge in [-0.15, -0.1) is 11.3 Å². The molecule has 0 saturated heterocycles. The summed E-state index contributed by atoms with van der Waals surface area (Å²) in [7, 11) is 0. The largest absolute Gasteiger partial charge is 0.481 e. The lowest BCUT2D eigenvalue weighted by atomic mass is 10.1. The summed E-state index contributed by atoms with van der Waals surface area (Å²) in [6, 6.07) is 0. The molecule has 1 N–H and O–H groups in total. The molecule has 0 radical (unpaired) electrons. The monoisotopic (exact) mass is 199 g/mol. The second kappa shape index (κ2) is 4.37. The highest BCUT2D eigenvalue weighted by atomic mass is 32.1. The summed E-state index contributed by atoms with van der Waals surface area (Å²) in [5.74, 6) is -0.983. The molecule has 0 aliphatic heterocycles. The fourth-order valence-electron chi connectivity index (χ4n) is 1.04. The van der Waals surface area contributed by atoms with Crippen LogP contribution >= 0.6 is 11.3 Å². The molecule has 1 aromatic rings. The smallest absolute Gasteiger partial charge is 0.306 e. The van der Waals surface area contributed by atoms with Gasteiger partial charge in [-0.25, -0.2) is 4.98 Å². The maximum atomic E-state index is 10.5. The Morgan fingerprint density at radius 2 is 2.46 bits per heavy atom. The van der Waals surface area contributed by atoms with E-state index in [-0.39, 0.29) is 5.92 Å². The van der Waals surface area contributed by atoms with Crippen molar-refractivity contribution in [2.75, 3.05) is 0 Å². The Balaban J connectivity index is 2.44. The SMILES string of the molecule is Cc1ncsc1CCC(C)C(=O)O. The molecule has 0 aliphatic rings. The van der Waals surface area contributed by atoms with Crippen molar-refractivity contribution in [3.8, 4) is 0 Å². The van der Waals surface area contributed by atoms with Crippen LogP contribution in [-0.2, 0) is 11.2 Å². The van der Waals surface area contributed by atoms with Gasteiger partial charge in [-0.1, -0.05) is 6.92 Å². The number of nitrogens with zero attached hydrogens (tertiary/aromatic N) is 1. The highest BCUT2D eigenvalue weighted by Crippen LogP contribution is 2.16. The third kappa shape index (κ3) is 2.81. The van der Waals surface area contributed by atoms with Crippen LogP contribution in [-0.4, -0.2) is 16.1 Å². The van der Waals surface area contributed by atoms with Gasteiger partial charge in [0.2, 0.25) is 0 Å². The summed E-state index contributed by atoms with van der Waals surface area (Å²) < 4.78 is 0. The van der Waals surface area contributed by atoms with Gasteiger partial charge in [-0.3, -0.25) is 4.79 Å². The maximum Gasteiger partial charge on any atom is 0.306 e. The van der Waals surface area contributed by atoms with Crippen molar-refractivity contribution in [3.05, 3.63) is 16.1 Å². The van der Waals surface area contributed by atoms with E-state index in [9.17, 15) is 4.79 Å². The van der Waals surface area contributed by atoms with Crippen LogP contribution in [0.2, 0.25) is 0 Å². The third-order valence-corrected chi connectivity index (χ3v) is 3.07. The fourth-order valence-corrected chi connectivity index (χ4v) is 1.83. The number of carbonyl (C=O) groups is 1. The molecule has 0 aliphatic carbocycles. The summed E-state index contributed by atoms with van der Waals surface area (Å²) in [5, 5.41) is 8.67. The Bertz CT molecular complexity index is 296. The van der Waals surface area contributed by atoms with E-state index in [1.165, 1.54) is 4.88 Å². The molecule has 0 aromatic carbocycles. The van der Waals surface area contributed by atoms with E-state index in [1.54, 1.807) is 23.8 Å². The van der Waals surface area contributed by atoms with Gasteiger partial charge in [0.25, 0.3) is 0 Å². The van der Waals surface area contributed by atoms with Gasteiger partial charge in [-0.05, 0) is 19.8 Å². The zero-order chi connectivity index (χ0) is 9.84. The van der Waals surface area contributed by atoms with Gasteiger partial charge < -0.3 is 5.11 Å². The summed E-state index contributed by atoms with van der Waals surface area (Å²) in [6.45, 7) is 3.69. The fraction of sp³-hybridized carbons (Fsp3) is 0.556. The molecule has 1 atom stereocenters. The lowest BCUT2D eigenvalue weighted by Gasteiger charge is -2.03. The number of hydrogen-bond acceptors (Lipinski definition) is 3. The van der Waals surface area contributed by atoms with Crippen LogP contribution in [0.15, 0.2) is 5.51 Å². The number of carboxylic acids is 1. The topological polar surface area (TPSA) is 50.2 Å². The van der Waals surface area contributed by atoms with E-state index >= 15 is 0 Å². The van der Waals surface area contributed by atoms with Gasteiger partial charge in [0.15, 0.2) is 0 Å². The van der Waals surface area contributed by atoms with Crippen molar-refractivity contribution in [3.63, 3.8) is 0 Å². The molecule has 0 bridgehead atoms. The van der Waals surface area contributed by atoms with Crippen molar-refractivity contribution in [1.29, 1.82) is 0 Å². The number of aromatic nitrogens is 1. The molecular formula is C9H13NO2S. The minimum Gasteiger partial charge on any atom is -0.481 e. The van der Waals surface area contributed by atoms with E-state index in [0.717, 1.165) is 12.1 Å². The molecule has 0 spiro atoms. The highest BCUT2D eigenvalue weighted by molar-refractivity contribution is 7.09. The Labute approximate surface area is 81.4 Å². The van der Waals surface area contributed by atoms with Crippen LogP contribution in [0.25, 0.3) is 0 Å². The molecule has 1 heterocycles. The van der Waals surface area contributed by atoms with Crippen molar-refractivity contribution in [2.45, 2.75) is 26.7 Å². The lowest BCUT2D eigenvalue weighted by molar-refractivity contribution is -0.141. The number of hydrogen-bond donors (Lipinski definition) is 1. The highest BCUT2D eigenvalue weighted by Gasteiger charge is 2.11. The first-order valence-electron chi connectivity index (χ1n) is 4.23. The van der Waals surface area contributed by atoms with E-state index in [1.807, 2.05) is 6.92 Å². The molecule has 1 unspecified atom stereocenters. The Morgan fingerprint density at radius 1 is 1.77 bits per heavy atom. The van der Waals surface area contributed by atoms with Gasteiger partial charge in [0.1, 0.15) is 0 Å². The van der Waals surface area contributed by atoms with Gasteiger partial charge in [0, 0.05) is 4.88 Å². The first-order valence-corrected chi connectivity index (χ1v) is 5.11. The number of thiazole rings is 1. The Kier molecular flexibility index (Phi) is 3.42. The number of aryl methyl sites for hydroxylation is 2.